The van der Waals surface area contributed by atoms with Crippen LogP contribution >= 0.6 is 0 Å². The summed E-state index contributed by atoms with van der Waals surface area (Å²) in [5.41, 5.74) is 3.32. The first-order chi connectivity index (χ1) is 15.0. The molecule has 1 aromatic heterocycles. The molecule has 0 unspecified atom stereocenters. The fourth-order valence-electron chi connectivity index (χ4n) is 3.91. The number of unbranched alkanes of at least 4 members (excludes halogenated alkanes) is 5. The van der Waals surface area contributed by atoms with Gasteiger partial charge in [-0.25, -0.2) is 13.6 Å². The van der Waals surface area contributed by atoms with Gasteiger partial charge in [-0.15, -0.1) is 0 Å². The maximum Gasteiger partial charge on any atom is 0.239 e. The van der Waals surface area contributed by atoms with Crippen LogP contribution in [0.4, 0.5) is 0 Å². The van der Waals surface area contributed by atoms with Crippen LogP contribution < -0.4 is 9.88 Å². The Hall–Kier alpha value is -1.83. The highest BCUT2D eigenvalue weighted by molar-refractivity contribution is 7.89. The molecule has 6 nitrogen and oxygen atoms in total. The lowest BCUT2D eigenvalue weighted by atomic mass is 9.85. The van der Waals surface area contributed by atoms with E-state index in [-0.39, 0.29) is 23.5 Å². The summed E-state index contributed by atoms with van der Waals surface area (Å²) in [6.45, 7) is 11.3. The molecule has 0 spiro atoms. The number of aromatic nitrogens is 1. The van der Waals surface area contributed by atoms with Crippen LogP contribution in [0, 0.1) is 6.92 Å². The number of aliphatic hydroxyl groups excluding tert-OH is 1. The van der Waals surface area contributed by atoms with E-state index in [9.17, 15) is 13.5 Å². The van der Waals surface area contributed by atoms with Crippen molar-refractivity contribution in [1.29, 1.82) is 0 Å². The SMILES string of the molecule is CCCCCCCCn1c(-c2cc(OCCO)cc(C(C)(C)C)c2)cc(S(N)(=O)=O)c1C. The van der Waals surface area contributed by atoms with Crippen molar-refractivity contribution in [3.05, 3.63) is 35.5 Å². The summed E-state index contributed by atoms with van der Waals surface area (Å²) in [4.78, 5) is 0.164. The number of aliphatic hydroxyl groups is 1. The lowest BCUT2D eigenvalue weighted by molar-refractivity contribution is 0.201. The van der Waals surface area contributed by atoms with Crippen molar-refractivity contribution in [2.45, 2.75) is 90.0 Å². The molecule has 32 heavy (non-hydrogen) atoms. The van der Waals surface area contributed by atoms with Crippen molar-refractivity contribution in [1.82, 2.24) is 4.57 Å². The summed E-state index contributed by atoms with van der Waals surface area (Å²) < 4.78 is 32.3. The van der Waals surface area contributed by atoms with Gasteiger partial charge in [0.25, 0.3) is 0 Å². The van der Waals surface area contributed by atoms with E-state index in [1.54, 1.807) is 6.07 Å². The molecule has 0 saturated heterocycles. The van der Waals surface area contributed by atoms with Crippen LogP contribution in [0.15, 0.2) is 29.2 Å². The third-order valence-corrected chi connectivity index (χ3v) is 6.82. The van der Waals surface area contributed by atoms with Gasteiger partial charge < -0.3 is 14.4 Å². The molecule has 2 rings (SSSR count). The Labute approximate surface area is 193 Å². The van der Waals surface area contributed by atoms with Crippen LogP contribution in [-0.2, 0) is 22.0 Å². The van der Waals surface area contributed by atoms with Crippen LogP contribution in [0.25, 0.3) is 11.3 Å². The van der Waals surface area contributed by atoms with Crippen LogP contribution in [0.2, 0.25) is 0 Å². The first-order valence-corrected chi connectivity index (χ1v) is 13.2. The Kier molecular flexibility index (Phi) is 9.37. The lowest BCUT2D eigenvalue weighted by Crippen LogP contribution is -2.13. The third kappa shape index (κ3) is 7.09. The number of nitrogens with two attached hydrogens (primary N) is 1. The second-order valence-electron chi connectivity index (χ2n) is 9.51. The fourth-order valence-corrected chi connectivity index (χ4v) is 4.71. The molecule has 0 atom stereocenters. The lowest BCUT2D eigenvalue weighted by Gasteiger charge is -2.22. The standard InChI is InChI=1S/C25H40N2O4S/c1-6-7-8-9-10-11-12-27-19(2)24(32(26,29)30)18-23(27)20-15-21(25(3,4)5)17-22(16-20)31-14-13-28/h15-18,28H,6-14H2,1-5H3,(H2,26,29,30). The molecule has 2 aromatic rings. The number of rotatable bonds is 12. The summed E-state index contributed by atoms with van der Waals surface area (Å²) >= 11 is 0. The third-order valence-electron chi connectivity index (χ3n) is 5.79. The van der Waals surface area contributed by atoms with Crippen LogP contribution in [0.1, 0.15) is 77.5 Å². The summed E-state index contributed by atoms with van der Waals surface area (Å²) in [6, 6.07) is 7.66. The first-order valence-electron chi connectivity index (χ1n) is 11.6. The number of hydrogen-bond acceptors (Lipinski definition) is 4. The summed E-state index contributed by atoms with van der Waals surface area (Å²) in [5.74, 6) is 0.656. The van der Waals surface area contributed by atoms with Crippen LogP contribution in [-0.4, -0.2) is 31.3 Å². The highest BCUT2D eigenvalue weighted by atomic mass is 32.2. The van der Waals surface area contributed by atoms with E-state index < -0.39 is 10.0 Å². The molecular formula is C25H40N2O4S. The Morgan fingerprint density at radius 3 is 2.28 bits per heavy atom. The van der Waals surface area contributed by atoms with Crippen LogP contribution in [0.3, 0.4) is 0 Å². The van der Waals surface area contributed by atoms with Crippen molar-refractivity contribution in [2.75, 3.05) is 13.2 Å². The highest BCUT2D eigenvalue weighted by Gasteiger charge is 2.23. The number of hydrogen-bond donors (Lipinski definition) is 2. The Balaban J connectivity index is 2.50. The zero-order chi connectivity index (χ0) is 23.9. The number of primary sulfonamides is 1. The van der Waals surface area contributed by atoms with E-state index in [1.165, 1.54) is 25.7 Å². The molecular weight excluding hydrogens is 424 g/mol. The van der Waals surface area contributed by atoms with E-state index in [0.29, 0.717) is 11.4 Å². The molecule has 0 aliphatic heterocycles. The fraction of sp³-hybridized carbons (Fsp3) is 0.600. The predicted octanol–water partition coefficient (Wildman–Crippen LogP) is 5.14. The molecule has 7 heteroatoms. The van der Waals surface area contributed by atoms with Gasteiger partial charge in [0.15, 0.2) is 0 Å². The van der Waals surface area contributed by atoms with Gasteiger partial charge >= 0.3 is 0 Å². The molecule has 1 heterocycles. The minimum absolute atomic E-state index is 0.0713. The maximum atomic E-state index is 12.2. The average molecular weight is 465 g/mol. The Morgan fingerprint density at radius 2 is 1.69 bits per heavy atom. The summed E-state index contributed by atoms with van der Waals surface area (Å²) in [7, 11) is -3.83. The van der Waals surface area contributed by atoms with Crippen molar-refractivity contribution in [3.8, 4) is 17.0 Å². The molecule has 0 aliphatic rings. The van der Waals surface area contributed by atoms with Crippen molar-refractivity contribution < 1.29 is 18.3 Å². The van der Waals surface area contributed by atoms with Gasteiger partial charge in [-0.1, -0.05) is 59.8 Å². The monoisotopic (exact) mass is 464 g/mol. The highest BCUT2D eigenvalue weighted by Crippen LogP contribution is 2.35. The first kappa shape index (κ1) is 26.4. The molecule has 3 N–H and O–H groups in total. The minimum Gasteiger partial charge on any atom is -0.491 e. The molecule has 0 fully saturated rings. The normalized spacial score (nSPS) is 12.3. The van der Waals surface area contributed by atoms with Gasteiger partial charge in [-0.05, 0) is 48.6 Å². The molecule has 0 amide bonds. The Morgan fingerprint density at radius 1 is 1.03 bits per heavy atom. The number of nitrogens with zero attached hydrogens (tertiary/aromatic N) is 1. The average Bonchev–Trinajstić information content (AvgIpc) is 3.05. The maximum absolute atomic E-state index is 12.2. The zero-order valence-corrected chi connectivity index (χ0v) is 21.1. The quantitative estimate of drug-likeness (QED) is 0.425. The van der Waals surface area contributed by atoms with Crippen molar-refractivity contribution in [3.63, 3.8) is 0 Å². The smallest absolute Gasteiger partial charge is 0.239 e. The van der Waals surface area contributed by atoms with Gasteiger partial charge in [0, 0.05) is 23.5 Å². The second kappa shape index (κ2) is 11.3. The van der Waals surface area contributed by atoms with Crippen LogP contribution in [0.5, 0.6) is 5.75 Å². The van der Waals surface area contributed by atoms with Gasteiger partial charge in [-0.2, -0.15) is 0 Å². The number of ether oxygens (including phenoxy) is 1. The minimum atomic E-state index is -3.83. The molecule has 180 valence electrons. The van der Waals surface area contributed by atoms with Gasteiger partial charge in [0.1, 0.15) is 17.3 Å². The summed E-state index contributed by atoms with van der Waals surface area (Å²) in [6.07, 6.45) is 6.96. The van der Waals surface area contributed by atoms with E-state index >= 15 is 0 Å². The van der Waals surface area contributed by atoms with E-state index in [2.05, 4.69) is 38.3 Å². The van der Waals surface area contributed by atoms with Gasteiger partial charge in [0.05, 0.1) is 6.61 Å². The van der Waals surface area contributed by atoms with E-state index in [1.807, 2.05) is 19.1 Å². The molecule has 1 aromatic carbocycles. The molecule has 0 saturated carbocycles. The topological polar surface area (TPSA) is 94.5 Å². The molecule has 0 bridgehead atoms. The predicted molar refractivity (Wildman–Crippen MR) is 131 cm³/mol. The van der Waals surface area contributed by atoms with E-state index in [0.717, 1.165) is 36.2 Å². The number of sulfonamides is 1. The summed E-state index contributed by atoms with van der Waals surface area (Å²) in [5, 5.41) is 14.7. The van der Waals surface area contributed by atoms with E-state index in [4.69, 9.17) is 9.88 Å². The largest absolute Gasteiger partial charge is 0.491 e. The molecule has 0 radical (unpaired) electrons. The molecule has 0 aliphatic carbocycles. The van der Waals surface area contributed by atoms with Crippen molar-refractivity contribution >= 4 is 10.0 Å². The Bertz CT molecular complexity index is 988. The van der Waals surface area contributed by atoms with Crippen molar-refractivity contribution in [2.24, 2.45) is 5.14 Å². The second-order valence-corrected chi connectivity index (χ2v) is 11.0. The number of benzene rings is 1. The zero-order valence-electron chi connectivity index (χ0n) is 20.3. The van der Waals surface area contributed by atoms with Gasteiger partial charge in [0.2, 0.25) is 10.0 Å². The van der Waals surface area contributed by atoms with Gasteiger partial charge in [-0.3, -0.25) is 0 Å².